The highest BCUT2D eigenvalue weighted by molar-refractivity contribution is 6.32. The van der Waals surface area contributed by atoms with Crippen LogP contribution in [0.25, 0.3) is 0 Å². The molecule has 1 fully saturated rings. The molecule has 2 rings (SSSR count). The Hall–Kier alpha value is -0.730. The Kier molecular flexibility index (Phi) is 3.72. The molecule has 3 heteroatoms. The van der Waals surface area contributed by atoms with Crippen LogP contribution in [-0.2, 0) is 0 Å². The molecule has 88 valence electrons. The quantitative estimate of drug-likeness (QED) is 0.876. The summed E-state index contributed by atoms with van der Waals surface area (Å²) in [5.74, 6) is 2.01. The van der Waals surface area contributed by atoms with E-state index in [1.165, 1.54) is 12.0 Å². The second kappa shape index (κ2) is 5.07. The summed E-state index contributed by atoms with van der Waals surface area (Å²) in [6, 6.07) is 6.00. The number of halogens is 1. The molecule has 0 bridgehead atoms. The van der Waals surface area contributed by atoms with Crippen LogP contribution >= 0.6 is 11.6 Å². The highest BCUT2D eigenvalue weighted by Crippen LogP contribution is 2.38. The van der Waals surface area contributed by atoms with Crippen LogP contribution in [0.1, 0.15) is 24.8 Å². The van der Waals surface area contributed by atoms with Crippen molar-refractivity contribution in [3.05, 3.63) is 28.8 Å². The molecule has 0 spiro atoms. The third-order valence-corrected chi connectivity index (χ3v) is 3.80. The summed E-state index contributed by atoms with van der Waals surface area (Å²) in [7, 11) is 1.68. The zero-order valence-electron chi connectivity index (χ0n) is 9.79. The first-order chi connectivity index (χ1) is 7.74. The van der Waals surface area contributed by atoms with Gasteiger partial charge in [-0.2, -0.15) is 0 Å². The average Bonchev–Trinajstić information content (AvgIpc) is 2.81. The maximum atomic E-state index is 6.14. The van der Waals surface area contributed by atoms with E-state index in [-0.39, 0.29) is 0 Å². The van der Waals surface area contributed by atoms with Gasteiger partial charge in [0.15, 0.2) is 0 Å². The van der Waals surface area contributed by atoms with E-state index in [0.29, 0.717) is 16.9 Å². The van der Waals surface area contributed by atoms with Gasteiger partial charge >= 0.3 is 0 Å². The van der Waals surface area contributed by atoms with E-state index < -0.39 is 0 Å². The molecule has 1 aliphatic rings. The number of para-hydroxylation sites is 1. The van der Waals surface area contributed by atoms with Gasteiger partial charge in [0, 0.05) is 0 Å². The van der Waals surface area contributed by atoms with E-state index in [1.807, 2.05) is 12.1 Å². The fourth-order valence-electron chi connectivity index (χ4n) is 2.46. The van der Waals surface area contributed by atoms with Gasteiger partial charge in [-0.3, -0.25) is 0 Å². The number of methoxy groups -OCH3 is 1. The van der Waals surface area contributed by atoms with E-state index >= 15 is 0 Å². The SMILES string of the molecule is COc1c(Cl)cccc1C(C)C1CCNC1. The summed E-state index contributed by atoms with van der Waals surface area (Å²) in [6.07, 6.45) is 1.23. The van der Waals surface area contributed by atoms with Crippen LogP contribution in [0.4, 0.5) is 0 Å². The summed E-state index contributed by atoms with van der Waals surface area (Å²) < 4.78 is 5.40. The number of rotatable bonds is 3. The third kappa shape index (κ3) is 2.18. The minimum Gasteiger partial charge on any atom is -0.495 e. The van der Waals surface area contributed by atoms with Gasteiger partial charge in [0.25, 0.3) is 0 Å². The van der Waals surface area contributed by atoms with Crippen LogP contribution in [0.3, 0.4) is 0 Å². The predicted octanol–water partition coefficient (Wildman–Crippen LogP) is 3.06. The molecule has 2 unspecified atom stereocenters. The molecule has 0 aromatic heterocycles. The van der Waals surface area contributed by atoms with E-state index in [2.05, 4.69) is 18.3 Å². The standard InChI is InChI=1S/C13H18ClNO/c1-9(10-6-7-15-8-10)11-4-3-5-12(14)13(11)16-2/h3-5,9-10,15H,6-8H2,1-2H3. The van der Waals surface area contributed by atoms with Gasteiger partial charge < -0.3 is 10.1 Å². The molecule has 1 heterocycles. The Balaban J connectivity index is 2.27. The molecule has 1 saturated heterocycles. The maximum absolute atomic E-state index is 6.14. The van der Waals surface area contributed by atoms with Crippen LogP contribution in [-0.4, -0.2) is 20.2 Å². The predicted molar refractivity (Wildman–Crippen MR) is 67.4 cm³/mol. The molecule has 1 N–H and O–H groups in total. The number of hydrogen-bond acceptors (Lipinski definition) is 2. The first-order valence-corrected chi connectivity index (χ1v) is 6.15. The molecule has 2 atom stereocenters. The minimum absolute atomic E-state index is 0.489. The van der Waals surface area contributed by atoms with Crippen molar-refractivity contribution in [2.75, 3.05) is 20.2 Å². The molecular formula is C13H18ClNO. The van der Waals surface area contributed by atoms with Gasteiger partial charge in [0.05, 0.1) is 12.1 Å². The zero-order chi connectivity index (χ0) is 11.5. The van der Waals surface area contributed by atoms with E-state index in [9.17, 15) is 0 Å². The van der Waals surface area contributed by atoms with Crippen molar-refractivity contribution < 1.29 is 4.74 Å². The average molecular weight is 240 g/mol. The lowest BCUT2D eigenvalue weighted by Crippen LogP contribution is -2.15. The first-order valence-electron chi connectivity index (χ1n) is 5.77. The fraction of sp³-hybridized carbons (Fsp3) is 0.538. The Bertz CT molecular complexity index is 361. The largest absolute Gasteiger partial charge is 0.495 e. The number of benzene rings is 1. The summed E-state index contributed by atoms with van der Waals surface area (Å²) in [5, 5.41) is 4.11. The Morgan fingerprint density at radius 3 is 2.94 bits per heavy atom. The second-order valence-corrected chi connectivity index (χ2v) is 4.81. The number of hydrogen-bond donors (Lipinski definition) is 1. The highest BCUT2D eigenvalue weighted by atomic mass is 35.5. The van der Waals surface area contributed by atoms with Crippen LogP contribution in [0.5, 0.6) is 5.75 Å². The van der Waals surface area contributed by atoms with E-state index in [0.717, 1.165) is 18.8 Å². The number of ether oxygens (including phenoxy) is 1. The lowest BCUT2D eigenvalue weighted by Gasteiger charge is -2.21. The molecule has 1 aliphatic heterocycles. The van der Waals surface area contributed by atoms with Gasteiger partial charge in [-0.15, -0.1) is 0 Å². The Labute approximate surface area is 102 Å². The zero-order valence-corrected chi connectivity index (χ0v) is 10.6. The Morgan fingerprint density at radius 2 is 2.31 bits per heavy atom. The van der Waals surface area contributed by atoms with E-state index in [1.54, 1.807) is 7.11 Å². The Morgan fingerprint density at radius 1 is 1.50 bits per heavy atom. The van der Waals surface area contributed by atoms with Crippen molar-refractivity contribution in [3.63, 3.8) is 0 Å². The molecule has 0 radical (unpaired) electrons. The van der Waals surface area contributed by atoms with Gasteiger partial charge in [-0.05, 0) is 43.0 Å². The topological polar surface area (TPSA) is 21.3 Å². The summed E-state index contributed by atoms with van der Waals surface area (Å²) in [4.78, 5) is 0. The molecule has 1 aromatic carbocycles. The van der Waals surface area contributed by atoms with Gasteiger partial charge in [-0.25, -0.2) is 0 Å². The molecule has 0 saturated carbocycles. The lowest BCUT2D eigenvalue weighted by molar-refractivity contribution is 0.395. The van der Waals surface area contributed by atoms with Crippen LogP contribution in [0.2, 0.25) is 5.02 Å². The molecule has 2 nitrogen and oxygen atoms in total. The second-order valence-electron chi connectivity index (χ2n) is 4.40. The summed E-state index contributed by atoms with van der Waals surface area (Å²) in [6.45, 7) is 4.47. The van der Waals surface area contributed by atoms with E-state index in [4.69, 9.17) is 16.3 Å². The third-order valence-electron chi connectivity index (χ3n) is 3.50. The summed E-state index contributed by atoms with van der Waals surface area (Å²) in [5.41, 5.74) is 1.23. The molecule has 16 heavy (non-hydrogen) atoms. The highest BCUT2D eigenvalue weighted by Gasteiger charge is 2.25. The van der Waals surface area contributed by atoms with Crippen LogP contribution in [0.15, 0.2) is 18.2 Å². The monoisotopic (exact) mass is 239 g/mol. The lowest BCUT2D eigenvalue weighted by atomic mass is 9.86. The normalized spacial score (nSPS) is 22.1. The molecule has 1 aromatic rings. The molecular weight excluding hydrogens is 222 g/mol. The van der Waals surface area contributed by atoms with Gasteiger partial charge in [0.2, 0.25) is 0 Å². The first kappa shape index (κ1) is 11.7. The van der Waals surface area contributed by atoms with Crippen LogP contribution in [0, 0.1) is 5.92 Å². The van der Waals surface area contributed by atoms with Crippen molar-refractivity contribution in [1.82, 2.24) is 5.32 Å². The molecule has 0 amide bonds. The van der Waals surface area contributed by atoms with Crippen molar-refractivity contribution in [1.29, 1.82) is 0 Å². The van der Waals surface area contributed by atoms with Gasteiger partial charge in [-0.1, -0.05) is 30.7 Å². The fourth-order valence-corrected chi connectivity index (χ4v) is 2.72. The summed E-state index contributed by atoms with van der Waals surface area (Å²) >= 11 is 6.14. The maximum Gasteiger partial charge on any atom is 0.140 e. The molecule has 0 aliphatic carbocycles. The van der Waals surface area contributed by atoms with Crippen molar-refractivity contribution in [2.24, 2.45) is 5.92 Å². The van der Waals surface area contributed by atoms with Crippen molar-refractivity contribution >= 4 is 11.6 Å². The van der Waals surface area contributed by atoms with Crippen molar-refractivity contribution in [2.45, 2.75) is 19.3 Å². The van der Waals surface area contributed by atoms with Gasteiger partial charge in [0.1, 0.15) is 5.75 Å². The van der Waals surface area contributed by atoms with Crippen LogP contribution < -0.4 is 10.1 Å². The van der Waals surface area contributed by atoms with Crippen molar-refractivity contribution in [3.8, 4) is 5.75 Å². The number of nitrogens with one attached hydrogen (secondary N) is 1. The minimum atomic E-state index is 0.489. The smallest absolute Gasteiger partial charge is 0.140 e.